The van der Waals surface area contributed by atoms with Crippen molar-refractivity contribution in [1.82, 2.24) is 0 Å². The van der Waals surface area contributed by atoms with Gasteiger partial charge in [-0.1, -0.05) is 0 Å². The summed E-state index contributed by atoms with van der Waals surface area (Å²) in [6, 6.07) is 0. The standard InChI is InChI=1S/C8H14O3/c9-5-4-8(7-10)3-1-2-6-11-8/h7,9H,1-6H2. The Balaban J connectivity index is 2.49. The van der Waals surface area contributed by atoms with E-state index in [2.05, 4.69) is 0 Å². The van der Waals surface area contributed by atoms with Crippen LogP contribution in [-0.4, -0.2) is 30.2 Å². The molecule has 3 heteroatoms. The monoisotopic (exact) mass is 158 g/mol. The highest BCUT2D eigenvalue weighted by Crippen LogP contribution is 2.25. The van der Waals surface area contributed by atoms with Crippen LogP contribution in [0.3, 0.4) is 0 Å². The average Bonchev–Trinajstić information content (AvgIpc) is 2.07. The van der Waals surface area contributed by atoms with Gasteiger partial charge in [0.2, 0.25) is 0 Å². The van der Waals surface area contributed by atoms with Crippen molar-refractivity contribution in [3.05, 3.63) is 0 Å². The van der Waals surface area contributed by atoms with Crippen molar-refractivity contribution in [2.75, 3.05) is 13.2 Å². The molecule has 1 atom stereocenters. The lowest BCUT2D eigenvalue weighted by molar-refractivity contribution is -0.140. The highest BCUT2D eigenvalue weighted by molar-refractivity contribution is 5.62. The first-order valence-electron chi connectivity index (χ1n) is 4.04. The van der Waals surface area contributed by atoms with Gasteiger partial charge >= 0.3 is 0 Å². The van der Waals surface area contributed by atoms with Crippen molar-refractivity contribution in [3.8, 4) is 0 Å². The van der Waals surface area contributed by atoms with Gasteiger partial charge in [0.05, 0.1) is 0 Å². The smallest absolute Gasteiger partial charge is 0.151 e. The van der Waals surface area contributed by atoms with Gasteiger partial charge in [0.1, 0.15) is 5.60 Å². The number of carbonyl (C=O) groups excluding carboxylic acids is 1. The average molecular weight is 158 g/mol. The first-order valence-corrected chi connectivity index (χ1v) is 4.04. The summed E-state index contributed by atoms with van der Waals surface area (Å²) in [6.45, 7) is 0.678. The molecule has 1 N–H and O–H groups in total. The van der Waals surface area contributed by atoms with Crippen LogP contribution in [0.15, 0.2) is 0 Å². The van der Waals surface area contributed by atoms with Gasteiger partial charge in [-0.3, -0.25) is 0 Å². The van der Waals surface area contributed by atoms with E-state index in [1.807, 2.05) is 0 Å². The highest BCUT2D eigenvalue weighted by Gasteiger charge is 2.31. The molecule has 0 saturated carbocycles. The Morgan fingerprint density at radius 2 is 2.36 bits per heavy atom. The van der Waals surface area contributed by atoms with E-state index in [0.29, 0.717) is 13.0 Å². The lowest BCUT2D eigenvalue weighted by Gasteiger charge is -2.31. The Labute approximate surface area is 66.4 Å². The van der Waals surface area contributed by atoms with E-state index in [9.17, 15) is 4.79 Å². The van der Waals surface area contributed by atoms with Gasteiger partial charge in [-0.2, -0.15) is 0 Å². The van der Waals surface area contributed by atoms with Crippen LogP contribution in [-0.2, 0) is 9.53 Å². The largest absolute Gasteiger partial charge is 0.396 e. The van der Waals surface area contributed by atoms with Crippen molar-refractivity contribution in [1.29, 1.82) is 0 Å². The molecule has 0 aromatic carbocycles. The van der Waals surface area contributed by atoms with E-state index in [4.69, 9.17) is 9.84 Å². The number of hydrogen-bond donors (Lipinski definition) is 1. The first-order chi connectivity index (χ1) is 5.33. The summed E-state index contributed by atoms with van der Waals surface area (Å²) in [5.74, 6) is 0. The van der Waals surface area contributed by atoms with E-state index >= 15 is 0 Å². The molecule has 1 unspecified atom stereocenters. The molecule has 0 aromatic heterocycles. The van der Waals surface area contributed by atoms with Crippen LogP contribution in [0.1, 0.15) is 25.7 Å². The molecule has 0 aliphatic carbocycles. The molecule has 0 amide bonds. The Morgan fingerprint density at radius 3 is 2.82 bits per heavy atom. The summed E-state index contributed by atoms with van der Waals surface area (Å²) >= 11 is 0. The second kappa shape index (κ2) is 3.83. The second-order valence-corrected chi connectivity index (χ2v) is 2.96. The Bertz CT molecular complexity index is 122. The zero-order chi connectivity index (χ0) is 8.16. The summed E-state index contributed by atoms with van der Waals surface area (Å²) in [5, 5.41) is 8.68. The van der Waals surface area contributed by atoms with Gasteiger partial charge in [0, 0.05) is 19.6 Å². The normalized spacial score (nSPS) is 31.7. The molecule has 1 saturated heterocycles. The minimum absolute atomic E-state index is 0.0265. The zero-order valence-electron chi connectivity index (χ0n) is 6.58. The number of ether oxygens (including phenoxy) is 1. The van der Waals surface area contributed by atoms with Crippen LogP contribution in [0, 0.1) is 0 Å². The molecule has 11 heavy (non-hydrogen) atoms. The summed E-state index contributed by atoms with van der Waals surface area (Å²) in [4.78, 5) is 10.6. The fourth-order valence-corrected chi connectivity index (χ4v) is 1.41. The van der Waals surface area contributed by atoms with Gasteiger partial charge in [-0.15, -0.1) is 0 Å². The minimum atomic E-state index is -0.660. The molecule has 1 rings (SSSR count). The van der Waals surface area contributed by atoms with Gasteiger partial charge in [0.15, 0.2) is 6.29 Å². The van der Waals surface area contributed by atoms with Crippen LogP contribution in [0.4, 0.5) is 0 Å². The molecule has 1 aliphatic heterocycles. The van der Waals surface area contributed by atoms with Crippen molar-refractivity contribution < 1.29 is 14.6 Å². The van der Waals surface area contributed by atoms with Gasteiger partial charge in [0.25, 0.3) is 0 Å². The first kappa shape index (κ1) is 8.68. The lowest BCUT2D eigenvalue weighted by atomic mass is 9.92. The third kappa shape index (κ3) is 2.01. The molecule has 1 aliphatic rings. The SMILES string of the molecule is O=CC1(CCO)CCCCO1. The molecule has 0 spiro atoms. The second-order valence-electron chi connectivity index (χ2n) is 2.96. The predicted molar refractivity (Wildman–Crippen MR) is 40.3 cm³/mol. The van der Waals surface area contributed by atoms with Gasteiger partial charge in [-0.25, -0.2) is 0 Å². The number of aliphatic hydroxyl groups is 1. The van der Waals surface area contributed by atoms with Crippen LogP contribution < -0.4 is 0 Å². The van der Waals surface area contributed by atoms with E-state index < -0.39 is 5.60 Å². The number of aliphatic hydroxyl groups excluding tert-OH is 1. The summed E-state index contributed by atoms with van der Waals surface area (Å²) in [6.07, 6.45) is 4.09. The number of carbonyl (C=O) groups is 1. The topological polar surface area (TPSA) is 46.5 Å². The van der Waals surface area contributed by atoms with Gasteiger partial charge < -0.3 is 14.6 Å². The lowest BCUT2D eigenvalue weighted by Crippen LogP contribution is -2.38. The Kier molecular flexibility index (Phi) is 3.02. The maximum Gasteiger partial charge on any atom is 0.151 e. The fraction of sp³-hybridized carbons (Fsp3) is 0.875. The summed E-state index contributed by atoms with van der Waals surface area (Å²) < 4.78 is 5.33. The number of aldehydes is 1. The molecule has 64 valence electrons. The Morgan fingerprint density at radius 1 is 1.55 bits per heavy atom. The fourth-order valence-electron chi connectivity index (χ4n) is 1.41. The van der Waals surface area contributed by atoms with Crippen molar-refractivity contribution >= 4 is 6.29 Å². The van der Waals surface area contributed by atoms with Gasteiger partial charge in [-0.05, 0) is 19.3 Å². The zero-order valence-corrected chi connectivity index (χ0v) is 6.58. The highest BCUT2D eigenvalue weighted by atomic mass is 16.5. The van der Waals surface area contributed by atoms with Crippen LogP contribution in [0.5, 0.6) is 0 Å². The quantitative estimate of drug-likeness (QED) is 0.609. The molecule has 0 aromatic rings. The predicted octanol–water partition coefficient (Wildman–Crippen LogP) is 0.507. The van der Waals surface area contributed by atoms with Crippen LogP contribution >= 0.6 is 0 Å². The summed E-state index contributed by atoms with van der Waals surface area (Å²) in [7, 11) is 0. The van der Waals surface area contributed by atoms with E-state index in [1.54, 1.807) is 0 Å². The van der Waals surface area contributed by atoms with Crippen molar-refractivity contribution in [3.63, 3.8) is 0 Å². The molecule has 1 fully saturated rings. The maximum absolute atomic E-state index is 10.6. The van der Waals surface area contributed by atoms with E-state index in [1.165, 1.54) is 0 Å². The maximum atomic E-state index is 10.6. The summed E-state index contributed by atoms with van der Waals surface area (Å²) in [5.41, 5.74) is -0.660. The van der Waals surface area contributed by atoms with E-state index in [-0.39, 0.29) is 6.61 Å². The van der Waals surface area contributed by atoms with Crippen molar-refractivity contribution in [2.45, 2.75) is 31.3 Å². The minimum Gasteiger partial charge on any atom is -0.396 e. The third-order valence-electron chi connectivity index (χ3n) is 2.13. The van der Waals surface area contributed by atoms with E-state index in [0.717, 1.165) is 25.5 Å². The number of rotatable bonds is 3. The molecule has 0 bridgehead atoms. The molecule has 3 nitrogen and oxygen atoms in total. The molecular formula is C8H14O3. The molecular weight excluding hydrogens is 144 g/mol. The van der Waals surface area contributed by atoms with Crippen molar-refractivity contribution in [2.24, 2.45) is 0 Å². The van der Waals surface area contributed by atoms with Crippen LogP contribution in [0.2, 0.25) is 0 Å². The Hall–Kier alpha value is -0.410. The number of hydrogen-bond acceptors (Lipinski definition) is 3. The van der Waals surface area contributed by atoms with Crippen LogP contribution in [0.25, 0.3) is 0 Å². The molecule has 0 radical (unpaired) electrons. The molecule has 1 heterocycles. The third-order valence-corrected chi connectivity index (χ3v) is 2.13.